The number of anilines is 1. The molecule has 140 valence electrons. The van der Waals surface area contributed by atoms with Crippen molar-refractivity contribution in [1.29, 1.82) is 0 Å². The van der Waals surface area contributed by atoms with Crippen molar-refractivity contribution < 1.29 is 4.39 Å². The Morgan fingerprint density at radius 3 is 2.65 bits per heavy atom. The number of halogens is 2. The van der Waals surface area contributed by atoms with Crippen LogP contribution < -0.4 is 27.7 Å². The third-order valence-electron chi connectivity index (χ3n) is 5.55. The lowest BCUT2D eigenvalue weighted by Crippen LogP contribution is -2.44. The molecule has 4 N–H and O–H groups in total. The average Bonchev–Trinajstić information content (AvgIpc) is 3.37. The van der Waals surface area contributed by atoms with Gasteiger partial charge in [-0.25, -0.2) is 9.18 Å². The van der Waals surface area contributed by atoms with Gasteiger partial charge in [-0.3, -0.25) is 9.36 Å². The van der Waals surface area contributed by atoms with Crippen molar-refractivity contribution in [2.75, 3.05) is 30.4 Å². The van der Waals surface area contributed by atoms with Gasteiger partial charge in [-0.05, 0) is 37.3 Å². The van der Waals surface area contributed by atoms with E-state index >= 15 is 0 Å². The SMILES string of the molecule is CC1(CN)CCN(c2c(F)cc3c(=O)n(N)c(=O)n(C4CC4)c3c2Cl)C1. The van der Waals surface area contributed by atoms with Gasteiger partial charge in [-0.1, -0.05) is 18.5 Å². The van der Waals surface area contributed by atoms with Crippen LogP contribution in [0.2, 0.25) is 5.02 Å². The predicted octanol–water partition coefficient (Wildman–Crippen LogP) is 1.18. The molecular weight excluding hydrogens is 361 g/mol. The zero-order valence-electron chi connectivity index (χ0n) is 14.5. The molecule has 1 aromatic heterocycles. The Hall–Kier alpha value is -2.06. The molecule has 1 saturated heterocycles. The molecule has 9 heteroatoms. The molecule has 0 spiro atoms. The zero-order valence-corrected chi connectivity index (χ0v) is 15.2. The van der Waals surface area contributed by atoms with Gasteiger partial charge in [0.25, 0.3) is 5.56 Å². The minimum atomic E-state index is -0.748. The molecule has 7 nitrogen and oxygen atoms in total. The third kappa shape index (κ3) is 2.43. The molecule has 1 saturated carbocycles. The van der Waals surface area contributed by atoms with E-state index in [1.54, 1.807) is 0 Å². The first-order valence-electron chi connectivity index (χ1n) is 8.67. The van der Waals surface area contributed by atoms with Crippen molar-refractivity contribution in [3.8, 4) is 0 Å². The highest BCUT2D eigenvalue weighted by molar-refractivity contribution is 6.38. The number of nitrogens with two attached hydrogens (primary N) is 2. The number of benzene rings is 1. The monoisotopic (exact) mass is 381 g/mol. The van der Waals surface area contributed by atoms with Crippen LogP contribution in [0.4, 0.5) is 10.1 Å². The highest BCUT2D eigenvalue weighted by Crippen LogP contribution is 2.43. The largest absolute Gasteiger partial charge is 0.367 e. The van der Waals surface area contributed by atoms with Gasteiger partial charge in [0.15, 0.2) is 0 Å². The number of hydrogen-bond acceptors (Lipinski definition) is 5. The van der Waals surface area contributed by atoms with Crippen molar-refractivity contribution in [3.63, 3.8) is 0 Å². The summed E-state index contributed by atoms with van der Waals surface area (Å²) in [6, 6.07) is 1.07. The van der Waals surface area contributed by atoms with Gasteiger partial charge in [0.2, 0.25) is 0 Å². The summed E-state index contributed by atoms with van der Waals surface area (Å²) in [5.41, 5.74) is 4.84. The predicted molar refractivity (Wildman–Crippen MR) is 99.8 cm³/mol. The normalized spacial score (nSPS) is 23.2. The molecule has 1 aliphatic heterocycles. The molecule has 2 fully saturated rings. The van der Waals surface area contributed by atoms with E-state index in [0.29, 0.717) is 24.3 Å². The third-order valence-corrected chi connectivity index (χ3v) is 5.91. The van der Waals surface area contributed by atoms with Crippen LogP contribution in [-0.4, -0.2) is 28.9 Å². The van der Waals surface area contributed by atoms with Crippen molar-refractivity contribution in [3.05, 3.63) is 37.7 Å². The second-order valence-electron chi connectivity index (χ2n) is 7.66. The van der Waals surface area contributed by atoms with E-state index in [4.69, 9.17) is 23.2 Å². The molecular formula is C17H21ClFN5O2. The van der Waals surface area contributed by atoms with Crippen LogP contribution in [0.15, 0.2) is 15.7 Å². The molecule has 1 unspecified atom stereocenters. The summed E-state index contributed by atoms with van der Waals surface area (Å²) in [6.07, 6.45) is 2.41. The van der Waals surface area contributed by atoms with Gasteiger partial charge in [-0.2, -0.15) is 4.68 Å². The minimum absolute atomic E-state index is 0.0195. The van der Waals surface area contributed by atoms with E-state index in [-0.39, 0.29) is 33.1 Å². The molecule has 0 radical (unpaired) electrons. The fourth-order valence-corrected chi connectivity index (χ4v) is 4.17. The van der Waals surface area contributed by atoms with Crippen molar-refractivity contribution >= 4 is 28.2 Å². The second-order valence-corrected chi connectivity index (χ2v) is 8.04. The van der Waals surface area contributed by atoms with Crippen molar-refractivity contribution in [2.45, 2.75) is 32.2 Å². The molecule has 2 heterocycles. The van der Waals surface area contributed by atoms with E-state index in [0.717, 1.165) is 25.3 Å². The zero-order chi connectivity index (χ0) is 18.8. The van der Waals surface area contributed by atoms with Crippen LogP contribution in [0.3, 0.4) is 0 Å². The summed E-state index contributed by atoms with van der Waals surface area (Å²) in [7, 11) is 0. The van der Waals surface area contributed by atoms with Gasteiger partial charge in [-0.15, -0.1) is 0 Å². The molecule has 26 heavy (non-hydrogen) atoms. The Labute approximate surface area is 153 Å². The standard InChI is InChI=1S/C17H21ClFN5O2/c1-17(7-20)4-5-22(8-17)14-11(19)6-10-13(12(14)18)23(9-2-3-9)16(26)24(21)15(10)25/h6,9H,2-5,7-8,20-21H2,1H3. The lowest BCUT2D eigenvalue weighted by Gasteiger charge is -2.26. The smallest absolute Gasteiger partial charge is 0.350 e. The highest BCUT2D eigenvalue weighted by atomic mass is 35.5. The number of rotatable bonds is 3. The maximum absolute atomic E-state index is 14.9. The Kier molecular flexibility index (Phi) is 3.82. The van der Waals surface area contributed by atoms with Gasteiger partial charge >= 0.3 is 5.69 Å². The van der Waals surface area contributed by atoms with Crippen LogP contribution in [0.5, 0.6) is 0 Å². The molecule has 2 aliphatic rings. The average molecular weight is 382 g/mol. The van der Waals surface area contributed by atoms with E-state index in [1.807, 2.05) is 11.8 Å². The van der Waals surface area contributed by atoms with E-state index in [1.165, 1.54) is 4.57 Å². The van der Waals surface area contributed by atoms with Crippen LogP contribution >= 0.6 is 11.6 Å². The topological polar surface area (TPSA) is 99.3 Å². The van der Waals surface area contributed by atoms with E-state index in [2.05, 4.69) is 0 Å². The van der Waals surface area contributed by atoms with Crippen LogP contribution in [-0.2, 0) is 0 Å². The van der Waals surface area contributed by atoms with E-state index < -0.39 is 17.1 Å². The Balaban J connectivity index is 2.00. The number of fused-ring (bicyclic) bond motifs is 1. The highest BCUT2D eigenvalue weighted by Gasteiger charge is 2.36. The lowest BCUT2D eigenvalue weighted by molar-refractivity contribution is 0.383. The minimum Gasteiger partial charge on any atom is -0.367 e. The maximum atomic E-state index is 14.9. The summed E-state index contributed by atoms with van der Waals surface area (Å²) in [5, 5.41) is 0.106. The van der Waals surface area contributed by atoms with Gasteiger partial charge in [0.1, 0.15) is 5.82 Å². The Morgan fingerprint density at radius 2 is 2.08 bits per heavy atom. The Bertz CT molecular complexity index is 1030. The first-order chi connectivity index (χ1) is 12.3. The summed E-state index contributed by atoms with van der Waals surface area (Å²) >= 11 is 6.57. The summed E-state index contributed by atoms with van der Waals surface area (Å²) < 4.78 is 16.9. The molecule has 0 bridgehead atoms. The second kappa shape index (κ2) is 5.72. The van der Waals surface area contributed by atoms with Gasteiger partial charge in [0, 0.05) is 19.1 Å². The summed E-state index contributed by atoms with van der Waals surface area (Å²) in [4.78, 5) is 26.8. The number of nitrogens with zero attached hydrogens (tertiary/aromatic N) is 3. The summed E-state index contributed by atoms with van der Waals surface area (Å²) in [6.45, 7) is 3.71. The summed E-state index contributed by atoms with van der Waals surface area (Å²) in [5.74, 6) is 5.01. The molecule has 1 atom stereocenters. The molecule has 1 aliphatic carbocycles. The quantitative estimate of drug-likeness (QED) is 0.778. The molecule has 2 aromatic rings. The van der Waals surface area contributed by atoms with Gasteiger partial charge in [0.05, 0.1) is 21.6 Å². The first-order valence-corrected chi connectivity index (χ1v) is 9.04. The number of nitrogen functional groups attached to an aromatic ring is 1. The Morgan fingerprint density at radius 1 is 1.38 bits per heavy atom. The van der Waals surface area contributed by atoms with Crippen LogP contribution in [0, 0.1) is 11.2 Å². The number of hydrogen-bond donors (Lipinski definition) is 2. The number of aromatic nitrogens is 2. The lowest BCUT2D eigenvalue weighted by atomic mass is 9.90. The van der Waals surface area contributed by atoms with Crippen molar-refractivity contribution in [1.82, 2.24) is 9.24 Å². The van der Waals surface area contributed by atoms with Crippen molar-refractivity contribution in [2.24, 2.45) is 11.1 Å². The molecule has 1 aromatic carbocycles. The maximum Gasteiger partial charge on any atom is 0.350 e. The van der Waals surface area contributed by atoms with E-state index in [9.17, 15) is 14.0 Å². The first kappa shape index (κ1) is 17.4. The fraction of sp³-hybridized carbons (Fsp3) is 0.529. The molecule has 0 amide bonds. The molecule has 4 rings (SSSR count). The van der Waals surface area contributed by atoms with Crippen LogP contribution in [0.1, 0.15) is 32.2 Å². The van der Waals surface area contributed by atoms with Crippen LogP contribution in [0.25, 0.3) is 10.9 Å². The fourth-order valence-electron chi connectivity index (χ4n) is 3.77. The van der Waals surface area contributed by atoms with Gasteiger partial charge < -0.3 is 16.5 Å².